The maximum absolute atomic E-state index is 12.6. The molecule has 6 heteroatoms. The molecule has 0 atom stereocenters. The molecule has 1 heterocycles. The molecule has 2 aromatic rings. The fraction of sp³-hybridized carbons (Fsp3) is 0.158. The molecule has 3 rings (SSSR count). The number of nitriles is 1. The van der Waals surface area contributed by atoms with Crippen molar-refractivity contribution in [2.24, 2.45) is 0 Å². The van der Waals surface area contributed by atoms with Crippen molar-refractivity contribution in [3.8, 4) is 29.1 Å². The van der Waals surface area contributed by atoms with E-state index in [1.54, 1.807) is 36.4 Å². The number of carbonyl (C=O) groups excluding carboxylic acids is 1. The molecule has 0 spiro atoms. The third-order valence-electron chi connectivity index (χ3n) is 3.68. The zero-order valence-electron chi connectivity index (χ0n) is 13.7. The van der Waals surface area contributed by atoms with Crippen LogP contribution < -0.4 is 18.9 Å². The van der Waals surface area contributed by atoms with Gasteiger partial charge in [-0.1, -0.05) is 0 Å². The number of methoxy groups -OCH3 is 2. The third kappa shape index (κ3) is 3.40. The number of allylic oxidation sites excluding steroid dienone is 1. The molecule has 126 valence electrons. The van der Waals surface area contributed by atoms with Crippen LogP contribution in [0.2, 0.25) is 0 Å². The topological polar surface area (TPSA) is 77.8 Å². The Kier molecular flexibility index (Phi) is 4.57. The van der Waals surface area contributed by atoms with E-state index >= 15 is 0 Å². The highest BCUT2D eigenvalue weighted by Gasteiger charge is 2.18. The maximum atomic E-state index is 12.6. The largest absolute Gasteiger partial charge is 0.497 e. The van der Waals surface area contributed by atoms with Gasteiger partial charge in [0.05, 0.1) is 14.2 Å². The molecular weight excluding hydrogens is 322 g/mol. The molecule has 0 aromatic heterocycles. The summed E-state index contributed by atoms with van der Waals surface area (Å²) in [5.41, 5.74) is 0.975. The minimum Gasteiger partial charge on any atom is -0.497 e. The summed E-state index contributed by atoms with van der Waals surface area (Å²) in [7, 11) is 3.07. The van der Waals surface area contributed by atoms with Crippen LogP contribution in [0.1, 0.15) is 15.9 Å². The Morgan fingerprint density at radius 3 is 2.40 bits per heavy atom. The summed E-state index contributed by atoms with van der Waals surface area (Å²) < 4.78 is 20.9. The number of ether oxygens (including phenoxy) is 4. The number of fused-ring (bicyclic) bond motifs is 1. The average Bonchev–Trinajstić information content (AvgIpc) is 3.12. The van der Waals surface area contributed by atoms with Crippen LogP contribution >= 0.6 is 0 Å². The van der Waals surface area contributed by atoms with Crippen molar-refractivity contribution >= 4 is 11.9 Å². The fourth-order valence-electron chi connectivity index (χ4n) is 2.42. The minimum atomic E-state index is -0.400. The summed E-state index contributed by atoms with van der Waals surface area (Å²) in [5.74, 6) is 1.81. The highest BCUT2D eigenvalue weighted by atomic mass is 16.7. The van der Waals surface area contributed by atoms with Crippen LogP contribution in [0.15, 0.2) is 42.0 Å². The van der Waals surface area contributed by atoms with E-state index in [9.17, 15) is 10.1 Å². The number of hydrogen-bond acceptors (Lipinski definition) is 6. The lowest BCUT2D eigenvalue weighted by atomic mass is 10.0. The van der Waals surface area contributed by atoms with Crippen LogP contribution in [0.25, 0.3) is 6.08 Å². The summed E-state index contributed by atoms with van der Waals surface area (Å²) in [4.78, 5) is 12.6. The van der Waals surface area contributed by atoms with Crippen molar-refractivity contribution in [3.63, 3.8) is 0 Å². The second-order valence-corrected chi connectivity index (χ2v) is 5.21. The smallest absolute Gasteiger partial charge is 0.231 e. The summed E-state index contributed by atoms with van der Waals surface area (Å²) in [6.45, 7) is 0.123. The molecule has 0 saturated carbocycles. The van der Waals surface area contributed by atoms with Gasteiger partial charge < -0.3 is 18.9 Å². The Morgan fingerprint density at radius 1 is 1.08 bits per heavy atom. The summed E-state index contributed by atoms with van der Waals surface area (Å²) >= 11 is 0. The molecule has 1 aliphatic rings. The van der Waals surface area contributed by atoms with Crippen molar-refractivity contribution in [2.75, 3.05) is 21.0 Å². The molecule has 0 N–H and O–H groups in total. The van der Waals surface area contributed by atoms with Gasteiger partial charge >= 0.3 is 0 Å². The quantitative estimate of drug-likeness (QED) is 0.473. The van der Waals surface area contributed by atoms with E-state index in [2.05, 4.69) is 0 Å². The highest BCUT2D eigenvalue weighted by Crippen LogP contribution is 2.33. The van der Waals surface area contributed by atoms with Crippen LogP contribution in [-0.2, 0) is 0 Å². The van der Waals surface area contributed by atoms with E-state index in [0.717, 1.165) is 0 Å². The number of ketones is 1. The highest BCUT2D eigenvalue weighted by molar-refractivity contribution is 6.14. The molecule has 25 heavy (non-hydrogen) atoms. The zero-order valence-corrected chi connectivity index (χ0v) is 13.7. The van der Waals surface area contributed by atoms with Gasteiger partial charge in [-0.2, -0.15) is 5.26 Å². The van der Waals surface area contributed by atoms with E-state index in [1.807, 2.05) is 6.07 Å². The van der Waals surface area contributed by atoms with Crippen molar-refractivity contribution in [1.29, 1.82) is 5.26 Å². The molecule has 0 fully saturated rings. The first kappa shape index (κ1) is 16.4. The van der Waals surface area contributed by atoms with Gasteiger partial charge in [0.15, 0.2) is 11.5 Å². The second-order valence-electron chi connectivity index (χ2n) is 5.21. The van der Waals surface area contributed by atoms with Crippen molar-refractivity contribution in [3.05, 3.63) is 53.1 Å². The van der Waals surface area contributed by atoms with Gasteiger partial charge in [-0.05, 0) is 42.0 Å². The lowest BCUT2D eigenvalue weighted by molar-refractivity contribution is 0.103. The van der Waals surface area contributed by atoms with Crippen LogP contribution in [0.4, 0.5) is 0 Å². The number of rotatable bonds is 5. The monoisotopic (exact) mass is 337 g/mol. The summed E-state index contributed by atoms with van der Waals surface area (Å²) in [6, 6.07) is 11.9. The fourth-order valence-corrected chi connectivity index (χ4v) is 2.42. The molecule has 0 aliphatic carbocycles. The van der Waals surface area contributed by atoms with Gasteiger partial charge in [0.25, 0.3) is 0 Å². The van der Waals surface area contributed by atoms with E-state index in [4.69, 9.17) is 18.9 Å². The van der Waals surface area contributed by atoms with Crippen LogP contribution in [0.3, 0.4) is 0 Å². The number of Topliss-reactive ketones (excluding diaryl/α,β-unsaturated/α-hetero) is 1. The van der Waals surface area contributed by atoms with E-state index in [1.165, 1.54) is 20.3 Å². The van der Waals surface area contributed by atoms with E-state index < -0.39 is 5.78 Å². The van der Waals surface area contributed by atoms with E-state index in [-0.39, 0.29) is 12.4 Å². The van der Waals surface area contributed by atoms with E-state index in [0.29, 0.717) is 34.1 Å². The van der Waals surface area contributed by atoms with Crippen LogP contribution in [0.5, 0.6) is 23.0 Å². The molecule has 1 aliphatic heterocycles. The van der Waals surface area contributed by atoms with Crippen molar-refractivity contribution in [2.45, 2.75) is 0 Å². The molecule has 0 unspecified atom stereocenters. The predicted molar refractivity (Wildman–Crippen MR) is 90.0 cm³/mol. The lowest BCUT2D eigenvalue weighted by Gasteiger charge is -2.06. The molecule has 0 amide bonds. The first-order valence-corrected chi connectivity index (χ1v) is 7.44. The van der Waals surface area contributed by atoms with Gasteiger partial charge in [0, 0.05) is 11.6 Å². The second kappa shape index (κ2) is 6.97. The number of benzene rings is 2. The first-order valence-electron chi connectivity index (χ1n) is 7.44. The van der Waals surface area contributed by atoms with Gasteiger partial charge in [0.1, 0.15) is 23.1 Å². The van der Waals surface area contributed by atoms with Gasteiger partial charge in [-0.25, -0.2) is 0 Å². The molecule has 0 bridgehead atoms. The molecule has 2 aromatic carbocycles. The first-order chi connectivity index (χ1) is 12.1. The van der Waals surface area contributed by atoms with Crippen LogP contribution in [-0.4, -0.2) is 26.8 Å². The Labute approximate surface area is 144 Å². The average molecular weight is 337 g/mol. The zero-order chi connectivity index (χ0) is 17.8. The molecule has 0 radical (unpaired) electrons. The lowest BCUT2D eigenvalue weighted by Crippen LogP contribution is -2.02. The van der Waals surface area contributed by atoms with Gasteiger partial charge in [-0.3, -0.25) is 4.79 Å². The minimum absolute atomic E-state index is 0.00540. The maximum Gasteiger partial charge on any atom is 0.231 e. The SMILES string of the molecule is COc1cc(/C=C(\C#N)C(=O)c2ccc3c(c2)OCO3)cc(OC)c1. The number of nitrogens with zero attached hydrogens (tertiary/aromatic N) is 1. The van der Waals surface area contributed by atoms with Gasteiger partial charge in [0.2, 0.25) is 12.6 Å². The summed E-state index contributed by atoms with van der Waals surface area (Å²) in [5, 5.41) is 9.41. The standard InChI is InChI=1S/C19H15NO5/c1-22-15-6-12(7-16(9-15)23-2)5-14(10-20)19(21)13-3-4-17-18(8-13)25-11-24-17/h3-9H,11H2,1-2H3/b14-5+. The Morgan fingerprint density at radius 2 is 1.76 bits per heavy atom. The Balaban J connectivity index is 1.95. The number of hydrogen-bond donors (Lipinski definition) is 0. The molecule has 6 nitrogen and oxygen atoms in total. The molecular formula is C19H15NO5. The van der Waals surface area contributed by atoms with Gasteiger partial charge in [-0.15, -0.1) is 0 Å². The Hall–Kier alpha value is -3.46. The normalized spacial score (nSPS) is 12.4. The van der Waals surface area contributed by atoms with Crippen molar-refractivity contribution < 1.29 is 23.7 Å². The molecule has 0 saturated heterocycles. The summed E-state index contributed by atoms with van der Waals surface area (Å²) in [6.07, 6.45) is 1.50. The van der Waals surface area contributed by atoms with Crippen LogP contribution in [0, 0.1) is 11.3 Å². The third-order valence-corrected chi connectivity index (χ3v) is 3.68. The predicted octanol–water partition coefficient (Wildman–Crippen LogP) is 3.22. The number of carbonyl (C=O) groups is 1. The van der Waals surface area contributed by atoms with Crippen molar-refractivity contribution in [1.82, 2.24) is 0 Å². The Bertz CT molecular complexity index is 873.